The van der Waals surface area contributed by atoms with Crippen molar-refractivity contribution in [2.45, 2.75) is 0 Å². The van der Waals surface area contributed by atoms with E-state index in [1.807, 2.05) is 48.8 Å². The van der Waals surface area contributed by atoms with Gasteiger partial charge in [0.1, 0.15) is 12.4 Å². The van der Waals surface area contributed by atoms with Crippen molar-refractivity contribution in [2.75, 3.05) is 25.5 Å². The lowest BCUT2D eigenvalue weighted by Gasteiger charge is -2.11. The highest BCUT2D eigenvalue weighted by atomic mass is 35.5. The van der Waals surface area contributed by atoms with Crippen LogP contribution >= 0.6 is 22.9 Å². The van der Waals surface area contributed by atoms with Crippen molar-refractivity contribution in [1.82, 2.24) is 10.3 Å². The second-order valence-electron chi connectivity index (χ2n) is 6.22. The van der Waals surface area contributed by atoms with Crippen LogP contribution in [0.4, 0.5) is 10.8 Å². The number of nitrogens with one attached hydrogen (secondary N) is 2. The number of rotatable bonds is 7. The molecule has 0 aliphatic heterocycles. The number of anilines is 2. The van der Waals surface area contributed by atoms with Crippen LogP contribution in [0.5, 0.6) is 5.75 Å². The minimum atomic E-state index is -0.474. The fourth-order valence-electron chi connectivity index (χ4n) is 2.82. The first-order valence-corrected chi connectivity index (χ1v) is 10.2. The molecular formula is C21H18ClN3O3S. The van der Waals surface area contributed by atoms with Crippen molar-refractivity contribution in [1.29, 1.82) is 0 Å². The third-order valence-corrected chi connectivity index (χ3v) is 5.29. The van der Waals surface area contributed by atoms with Gasteiger partial charge in [-0.1, -0.05) is 35.9 Å². The molecule has 0 bridgehead atoms. The highest BCUT2D eigenvalue weighted by Gasteiger charge is 2.14. The summed E-state index contributed by atoms with van der Waals surface area (Å²) in [5, 5.41) is 9.93. The van der Waals surface area contributed by atoms with E-state index in [9.17, 15) is 4.79 Å². The lowest BCUT2D eigenvalue weighted by molar-refractivity contribution is 0.320. The van der Waals surface area contributed by atoms with Crippen molar-refractivity contribution < 1.29 is 9.15 Å². The van der Waals surface area contributed by atoms with E-state index in [2.05, 4.69) is 15.6 Å². The Morgan fingerprint density at radius 3 is 2.93 bits per heavy atom. The third-order valence-electron chi connectivity index (χ3n) is 4.23. The van der Waals surface area contributed by atoms with Gasteiger partial charge in [0, 0.05) is 17.3 Å². The maximum Gasteiger partial charge on any atom is 0.345 e. The van der Waals surface area contributed by atoms with Gasteiger partial charge in [-0.15, -0.1) is 11.3 Å². The number of benzene rings is 2. The standard InChI is InChI=1S/C21H18ClN3O3S/c1-23-9-10-27-18-8-3-2-7-16(18)24-21-25-17(12-29-21)14-11-13-5-4-6-15(22)19(13)28-20(14)26/h2-8,11-12,23H,9-10H2,1H3,(H,24,25). The molecule has 4 rings (SSSR count). The third kappa shape index (κ3) is 4.27. The Morgan fingerprint density at radius 1 is 1.21 bits per heavy atom. The van der Waals surface area contributed by atoms with Crippen LogP contribution in [0.2, 0.25) is 5.02 Å². The zero-order valence-electron chi connectivity index (χ0n) is 15.6. The number of hydrogen-bond acceptors (Lipinski definition) is 7. The molecule has 2 aromatic heterocycles. The smallest absolute Gasteiger partial charge is 0.345 e. The quantitative estimate of drug-likeness (QED) is 0.322. The lowest BCUT2D eigenvalue weighted by atomic mass is 10.1. The van der Waals surface area contributed by atoms with Crippen molar-refractivity contribution >= 4 is 44.7 Å². The largest absolute Gasteiger partial charge is 0.490 e. The molecule has 0 spiro atoms. The van der Waals surface area contributed by atoms with E-state index in [0.29, 0.717) is 33.6 Å². The molecule has 0 radical (unpaired) electrons. The molecule has 0 atom stereocenters. The molecule has 0 saturated heterocycles. The summed E-state index contributed by atoms with van der Waals surface area (Å²) in [7, 11) is 1.88. The van der Waals surface area contributed by atoms with Crippen molar-refractivity contribution in [3.05, 3.63) is 69.4 Å². The number of aromatic nitrogens is 1. The summed E-state index contributed by atoms with van der Waals surface area (Å²) in [4.78, 5) is 17.0. The summed E-state index contributed by atoms with van der Waals surface area (Å²) in [6.45, 7) is 1.30. The zero-order chi connectivity index (χ0) is 20.2. The predicted octanol–water partition coefficient (Wildman–Crippen LogP) is 4.91. The van der Waals surface area contributed by atoms with E-state index < -0.39 is 5.63 Å². The van der Waals surface area contributed by atoms with Crippen LogP contribution in [0.1, 0.15) is 0 Å². The second kappa shape index (κ2) is 8.65. The van der Waals surface area contributed by atoms with Crippen molar-refractivity contribution in [2.24, 2.45) is 0 Å². The molecule has 4 aromatic rings. The molecular weight excluding hydrogens is 410 g/mol. The molecule has 2 N–H and O–H groups in total. The number of thiazole rings is 1. The summed E-state index contributed by atoms with van der Waals surface area (Å²) in [6.07, 6.45) is 0. The first-order chi connectivity index (χ1) is 14.2. The van der Waals surface area contributed by atoms with Crippen LogP contribution < -0.4 is 21.0 Å². The number of likely N-dealkylation sites (N-methyl/N-ethyl adjacent to an activating group) is 1. The molecule has 0 aliphatic rings. The first kappa shape index (κ1) is 19.4. The number of fused-ring (bicyclic) bond motifs is 1. The molecule has 0 unspecified atom stereocenters. The van der Waals surface area contributed by atoms with E-state index in [-0.39, 0.29) is 0 Å². The Balaban J connectivity index is 1.61. The summed E-state index contributed by atoms with van der Waals surface area (Å²) in [5.41, 5.74) is 1.65. The molecule has 29 heavy (non-hydrogen) atoms. The van der Waals surface area contributed by atoms with Gasteiger partial charge in [-0.3, -0.25) is 0 Å². The summed E-state index contributed by atoms with van der Waals surface area (Å²) in [5.74, 6) is 0.736. The zero-order valence-corrected chi connectivity index (χ0v) is 17.1. The van der Waals surface area contributed by atoms with Crippen molar-refractivity contribution in [3.8, 4) is 17.0 Å². The molecule has 8 heteroatoms. The lowest BCUT2D eigenvalue weighted by Crippen LogP contribution is -2.16. The highest BCUT2D eigenvalue weighted by Crippen LogP contribution is 2.32. The van der Waals surface area contributed by atoms with E-state index in [1.165, 1.54) is 11.3 Å². The number of hydrogen-bond donors (Lipinski definition) is 2. The van der Waals surface area contributed by atoms with Gasteiger partial charge in [-0.25, -0.2) is 9.78 Å². The van der Waals surface area contributed by atoms with Gasteiger partial charge in [0.15, 0.2) is 10.7 Å². The Bertz CT molecular complexity index is 1210. The Labute approximate surface area is 176 Å². The molecule has 0 fully saturated rings. The minimum Gasteiger partial charge on any atom is -0.490 e. The van der Waals surface area contributed by atoms with Crippen LogP contribution in [0, 0.1) is 0 Å². The van der Waals surface area contributed by atoms with Crippen LogP contribution in [-0.4, -0.2) is 25.2 Å². The Hall–Kier alpha value is -2.87. The molecule has 2 aromatic carbocycles. The van der Waals surface area contributed by atoms with E-state index >= 15 is 0 Å². The van der Waals surface area contributed by atoms with E-state index in [4.69, 9.17) is 20.8 Å². The normalized spacial score (nSPS) is 11.0. The second-order valence-corrected chi connectivity index (χ2v) is 7.48. The number of para-hydroxylation sites is 3. The first-order valence-electron chi connectivity index (χ1n) is 8.97. The van der Waals surface area contributed by atoms with Gasteiger partial charge in [0.2, 0.25) is 0 Å². The van der Waals surface area contributed by atoms with E-state index in [1.54, 1.807) is 12.1 Å². The molecule has 0 saturated carbocycles. The number of ether oxygens (including phenoxy) is 1. The van der Waals surface area contributed by atoms with Gasteiger partial charge < -0.3 is 19.8 Å². The van der Waals surface area contributed by atoms with Gasteiger partial charge in [-0.2, -0.15) is 0 Å². The maximum absolute atomic E-state index is 12.4. The van der Waals surface area contributed by atoms with Gasteiger partial charge in [0.25, 0.3) is 0 Å². The molecule has 6 nitrogen and oxygen atoms in total. The van der Waals surface area contributed by atoms with Gasteiger partial charge >= 0.3 is 5.63 Å². The Morgan fingerprint density at radius 2 is 2.07 bits per heavy atom. The average molecular weight is 428 g/mol. The van der Waals surface area contributed by atoms with Gasteiger partial charge in [0.05, 0.1) is 22.0 Å². The Kier molecular flexibility index (Phi) is 5.80. The van der Waals surface area contributed by atoms with E-state index in [0.717, 1.165) is 23.4 Å². The highest BCUT2D eigenvalue weighted by molar-refractivity contribution is 7.14. The minimum absolute atomic E-state index is 0.379. The monoisotopic (exact) mass is 427 g/mol. The number of nitrogens with zero attached hydrogens (tertiary/aromatic N) is 1. The molecule has 0 amide bonds. The number of halogens is 1. The molecule has 148 valence electrons. The van der Waals surface area contributed by atoms with Crippen LogP contribution in [0.3, 0.4) is 0 Å². The van der Waals surface area contributed by atoms with Crippen LogP contribution in [0.15, 0.2) is 63.1 Å². The molecule has 0 aliphatic carbocycles. The summed E-state index contributed by atoms with van der Waals surface area (Å²) >= 11 is 7.51. The summed E-state index contributed by atoms with van der Waals surface area (Å²) in [6, 6.07) is 14.7. The van der Waals surface area contributed by atoms with Crippen LogP contribution in [-0.2, 0) is 0 Å². The predicted molar refractivity (Wildman–Crippen MR) is 118 cm³/mol. The van der Waals surface area contributed by atoms with Crippen LogP contribution in [0.25, 0.3) is 22.2 Å². The fourth-order valence-corrected chi connectivity index (χ4v) is 3.76. The van der Waals surface area contributed by atoms with Gasteiger partial charge in [-0.05, 0) is 31.3 Å². The van der Waals surface area contributed by atoms with Crippen molar-refractivity contribution in [3.63, 3.8) is 0 Å². The SMILES string of the molecule is CNCCOc1ccccc1Nc1nc(-c2cc3cccc(Cl)c3oc2=O)cs1. The molecule has 2 heterocycles. The summed E-state index contributed by atoms with van der Waals surface area (Å²) < 4.78 is 11.2. The maximum atomic E-state index is 12.4. The topological polar surface area (TPSA) is 76.4 Å². The fraction of sp³-hybridized carbons (Fsp3) is 0.143. The average Bonchev–Trinajstić information content (AvgIpc) is 3.18.